The molecule has 0 fully saturated rings. The maximum absolute atomic E-state index is 13.6. The van der Waals surface area contributed by atoms with Gasteiger partial charge in [-0.1, -0.05) is 24.3 Å². The lowest BCUT2D eigenvalue weighted by molar-refractivity contribution is 0.557. The van der Waals surface area contributed by atoms with Gasteiger partial charge in [0.15, 0.2) is 5.69 Å². The number of hydrogen-bond acceptors (Lipinski definition) is 4. The molecule has 23 heavy (non-hydrogen) atoms. The molecule has 2 aromatic carbocycles. The van der Waals surface area contributed by atoms with Crippen molar-refractivity contribution in [3.05, 3.63) is 65.4 Å². The van der Waals surface area contributed by atoms with Crippen molar-refractivity contribution in [2.24, 2.45) is 0 Å². The van der Waals surface area contributed by atoms with E-state index in [1.807, 2.05) is 24.3 Å². The molecule has 0 unspecified atom stereocenters. The van der Waals surface area contributed by atoms with Gasteiger partial charge in [-0.25, -0.2) is 8.78 Å². The Morgan fingerprint density at radius 3 is 2.48 bits per heavy atom. The number of halogens is 2. The lowest BCUT2D eigenvalue weighted by atomic mass is 10.1. The monoisotopic (exact) mass is 310 g/mol. The SMILES string of the molecule is N#Cc1nnc2ccccc2c1NCCc1c(F)cccc1F. The lowest BCUT2D eigenvalue weighted by Crippen LogP contribution is -2.10. The summed E-state index contributed by atoms with van der Waals surface area (Å²) >= 11 is 0. The highest BCUT2D eigenvalue weighted by molar-refractivity contribution is 5.92. The van der Waals surface area contributed by atoms with Crippen molar-refractivity contribution in [3.8, 4) is 6.07 Å². The Morgan fingerprint density at radius 1 is 1.00 bits per heavy atom. The van der Waals surface area contributed by atoms with Crippen LogP contribution in [-0.2, 0) is 6.42 Å². The summed E-state index contributed by atoms with van der Waals surface area (Å²) in [5.74, 6) is -1.16. The zero-order valence-electron chi connectivity index (χ0n) is 12.1. The molecule has 1 heterocycles. The molecule has 1 aromatic heterocycles. The summed E-state index contributed by atoms with van der Waals surface area (Å²) in [4.78, 5) is 0. The van der Waals surface area contributed by atoms with Crippen LogP contribution < -0.4 is 5.32 Å². The molecule has 0 amide bonds. The molecule has 6 heteroatoms. The van der Waals surface area contributed by atoms with Gasteiger partial charge in [-0.05, 0) is 24.6 Å². The summed E-state index contributed by atoms with van der Waals surface area (Å²) in [5, 5.41) is 20.8. The molecule has 3 rings (SSSR count). The highest BCUT2D eigenvalue weighted by Crippen LogP contribution is 2.24. The van der Waals surface area contributed by atoms with E-state index < -0.39 is 11.6 Å². The third-order valence-corrected chi connectivity index (χ3v) is 3.51. The third-order valence-electron chi connectivity index (χ3n) is 3.51. The van der Waals surface area contributed by atoms with E-state index in [1.54, 1.807) is 6.07 Å². The number of benzene rings is 2. The summed E-state index contributed by atoms with van der Waals surface area (Å²) < 4.78 is 27.3. The fourth-order valence-electron chi connectivity index (χ4n) is 2.39. The summed E-state index contributed by atoms with van der Waals surface area (Å²) in [5.41, 5.74) is 1.34. The quantitative estimate of drug-likeness (QED) is 0.802. The van der Waals surface area contributed by atoms with Crippen molar-refractivity contribution >= 4 is 16.6 Å². The first-order valence-electron chi connectivity index (χ1n) is 7.03. The van der Waals surface area contributed by atoms with E-state index in [4.69, 9.17) is 5.26 Å². The van der Waals surface area contributed by atoms with Crippen LogP contribution in [0.3, 0.4) is 0 Å². The summed E-state index contributed by atoms with van der Waals surface area (Å²) in [6, 6.07) is 13.0. The fraction of sp³-hybridized carbons (Fsp3) is 0.118. The zero-order chi connectivity index (χ0) is 16.2. The first-order chi connectivity index (χ1) is 11.2. The molecule has 0 saturated carbocycles. The standard InChI is InChI=1S/C17H12F2N4/c18-13-5-3-6-14(19)11(13)8-9-21-17-12-4-1-2-7-15(12)22-23-16(17)10-20/h1-7H,8-9H2,(H,21,22). The second-order valence-electron chi connectivity index (χ2n) is 4.93. The summed E-state index contributed by atoms with van der Waals surface area (Å²) in [6.45, 7) is 0.266. The van der Waals surface area contributed by atoms with E-state index in [0.717, 1.165) is 5.39 Å². The van der Waals surface area contributed by atoms with Gasteiger partial charge in [-0.15, -0.1) is 10.2 Å². The predicted octanol–water partition coefficient (Wildman–Crippen LogP) is 3.43. The van der Waals surface area contributed by atoms with Gasteiger partial charge in [-0.3, -0.25) is 0 Å². The van der Waals surface area contributed by atoms with Gasteiger partial charge in [0.2, 0.25) is 0 Å². The molecule has 0 radical (unpaired) electrons. The van der Waals surface area contributed by atoms with Crippen LogP contribution in [0.4, 0.5) is 14.5 Å². The number of nitrogens with zero attached hydrogens (tertiary/aromatic N) is 3. The second-order valence-corrected chi connectivity index (χ2v) is 4.93. The minimum absolute atomic E-state index is 0.0184. The van der Waals surface area contributed by atoms with Crippen LogP contribution in [0.25, 0.3) is 10.9 Å². The second kappa shape index (κ2) is 6.36. The molecule has 0 aliphatic heterocycles. The Labute approximate surface area is 131 Å². The molecule has 4 nitrogen and oxygen atoms in total. The van der Waals surface area contributed by atoms with E-state index in [1.165, 1.54) is 18.2 Å². The molecule has 0 aliphatic rings. The van der Waals surface area contributed by atoms with Crippen molar-refractivity contribution in [2.75, 3.05) is 11.9 Å². The van der Waals surface area contributed by atoms with Crippen molar-refractivity contribution in [1.29, 1.82) is 5.26 Å². The summed E-state index contributed by atoms with van der Waals surface area (Å²) in [7, 11) is 0. The number of nitriles is 1. The van der Waals surface area contributed by atoms with Gasteiger partial charge in [0, 0.05) is 17.5 Å². The first-order valence-corrected chi connectivity index (χ1v) is 7.03. The molecule has 3 aromatic rings. The molecule has 0 atom stereocenters. The maximum atomic E-state index is 13.6. The molecule has 0 aliphatic carbocycles. The van der Waals surface area contributed by atoms with Gasteiger partial charge in [-0.2, -0.15) is 5.26 Å². The molecule has 0 saturated heterocycles. The number of anilines is 1. The normalized spacial score (nSPS) is 10.5. The average molecular weight is 310 g/mol. The highest BCUT2D eigenvalue weighted by atomic mass is 19.1. The molecule has 0 spiro atoms. The van der Waals surface area contributed by atoms with E-state index in [-0.39, 0.29) is 24.2 Å². The minimum Gasteiger partial charge on any atom is -0.382 e. The van der Waals surface area contributed by atoms with Crippen LogP contribution in [0.5, 0.6) is 0 Å². The first kappa shape index (κ1) is 14.9. The van der Waals surface area contributed by atoms with Gasteiger partial charge in [0.05, 0.1) is 11.2 Å². The van der Waals surface area contributed by atoms with Crippen LogP contribution in [0.15, 0.2) is 42.5 Å². The van der Waals surface area contributed by atoms with E-state index in [0.29, 0.717) is 11.2 Å². The molecular formula is C17H12F2N4. The largest absolute Gasteiger partial charge is 0.382 e. The Kier molecular flexibility index (Phi) is 4.11. The number of rotatable bonds is 4. The third kappa shape index (κ3) is 2.94. The van der Waals surface area contributed by atoms with E-state index in [2.05, 4.69) is 15.5 Å². The van der Waals surface area contributed by atoms with Crippen LogP contribution >= 0.6 is 0 Å². The van der Waals surface area contributed by atoms with Gasteiger partial charge < -0.3 is 5.32 Å². The number of aromatic nitrogens is 2. The smallest absolute Gasteiger partial charge is 0.186 e. The van der Waals surface area contributed by atoms with Crippen molar-refractivity contribution in [2.45, 2.75) is 6.42 Å². The minimum atomic E-state index is -0.579. The van der Waals surface area contributed by atoms with Crippen LogP contribution in [0.1, 0.15) is 11.3 Å². The average Bonchev–Trinajstić information content (AvgIpc) is 2.57. The van der Waals surface area contributed by atoms with E-state index in [9.17, 15) is 8.78 Å². The Hall–Kier alpha value is -3.07. The summed E-state index contributed by atoms with van der Waals surface area (Å²) in [6.07, 6.45) is 0.153. The van der Waals surface area contributed by atoms with E-state index >= 15 is 0 Å². The predicted molar refractivity (Wildman–Crippen MR) is 82.8 cm³/mol. The molecule has 0 bridgehead atoms. The fourth-order valence-corrected chi connectivity index (χ4v) is 2.39. The Bertz CT molecular complexity index is 882. The molecule has 1 N–H and O–H groups in total. The zero-order valence-corrected chi connectivity index (χ0v) is 12.1. The van der Waals surface area contributed by atoms with Crippen LogP contribution in [-0.4, -0.2) is 16.7 Å². The maximum Gasteiger partial charge on any atom is 0.186 e. The topological polar surface area (TPSA) is 61.6 Å². The van der Waals surface area contributed by atoms with Crippen molar-refractivity contribution < 1.29 is 8.78 Å². The Morgan fingerprint density at radius 2 is 1.74 bits per heavy atom. The van der Waals surface area contributed by atoms with Crippen molar-refractivity contribution in [1.82, 2.24) is 10.2 Å². The lowest BCUT2D eigenvalue weighted by Gasteiger charge is -2.11. The van der Waals surface area contributed by atoms with Gasteiger partial charge in [0.1, 0.15) is 17.7 Å². The highest BCUT2D eigenvalue weighted by Gasteiger charge is 2.11. The number of hydrogen-bond donors (Lipinski definition) is 1. The van der Waals surface area contributed by atoms with Gasteiger partial charge in [0.25, 0.3) is 0 Å². The number of nitrogens with one attached hydrogen (secondary N) is 1. The van der Waals surface area contributed by atoms with Gasteiger partial charge >= 0.3 is 0 Å². The number of fused-ring (bicyclic) bond motifs is 1. The van der Waals surface area contributed by atoms with Crippen LogP contribution in [0.2, 0.25) is 0 Å². The Balaban J connectivity index is 1.86. The molecular weight excluding hydrogens is 298 g/mol. The molecule has 114 valence electrons. The van der Waals surface area contributed by atoms with Crippen LogP contribution in [0, 0.1) is 23.0 Å². The van der Waals surface area contributed by atoms with Crippen molar-refractivity contribution in [3.63, 3.8) is 0 Å².